The molecular weight excluding hydrogens is 362 g/mol. The van der Waals surface area contributed by atoms with Gasteiger partial charge in [-0.05, 0) is 36.3 Å². The fourth-order valence-corrected chi connectivity index (χ4v) is 4.24. The van der Waals surface area contributed by atoms with Crippen LogP contribution in [0.1, 0.15) is 30.9 Å². The Kier molecular flexibility index (Phi) is 5.39. The molecule has 0 spiro atoms. The number of hydrogen-bond donors (Lipinski definition) is 1. The predicted octanol–water partition coefficient (Wildman–Crippen LogP) is 4.52. The van der Waals surface area contributed by atoms with Crippen molar-refractivity contribution in [3.63, 3.8) is 0 Å². The van der Waals surface area contributed by atoms with Crippen molar-refractivity contribution in [3.05, 3.63) is 83.9 Å². The molecular formula is C25H27NO3. The fourth-order valence-electron chi connectivity index (χ4n) is 4.24. The van der Waals surface area contributed by atoms with Crippen molar-refractivity contribution < 1.29 is 14.3 Å². The number of fused-ring (bicyclic) bond motifs is 1. The topological polar surface area (TPSA) is 47.6 Å². The van der Waals surface area contributed by atoms with Crippen LogP contribution in [0.2, 0.25) is 0 Å². The summed E-state index contributed by atoms with van der Waals surface area (Å²) in [6.45, 7) is 3.41. The van der Waals surface area contributed by atoms with Crippen molar-refractivity contribution in [2.45, 2.75) is 31.0 Å². The zero-order chi connectivity index (χ0) is 20.3. The highest BCUT2D eigenvalue weighted by molar-refractivity contribution is 5.92. The Labute approximate surface area is 171 Å². The van der Waals surface area contributed by atoms with Crippen molar-refractivity contribution in [1.29, 1.82) is 0 Å². The summed E-state index contributed by atoms with van der Waals surface area (Å²) in [5.41, 5.74) is 0.00746. The molecule has 1 unspecified atom stereocenters. The summed E-state index contributed by atoms with van der Waals surface area (Å²) in [4.78, 5) is 13.6. The first-order valence-electron chi connectivity index (χ1n) is 10.1. The summed E-state index contributed by atoms with van der Waals surface area (Å²) >= 11 is 0. The van der Waals surface area contributed by atoms with E-state index in [0.29, 0.717) is 0 Å². The molecule has 0 amide bonds. The zero-order valence-electron chi connectivity index (χ0n) is 17.0. The van der Waals surface area contributed by atoms with E-state index in [0.717, 1.165) is 47.8 Å². The van der Waals surface area contributed by atoms with Gasteiger partial charge in [-0.2, -0.15) is 0 Å². The van der Waals surface area contributed by atoms with Crippen LogP contribution in [0.15, 0.2) is 72.8 Å². The molecule has 4 nitrogen and oxygen atoms in total. The quantitative estimate of drug-likeness (QED) is 0.652. The molecule has 3 aromatic rings. The van der Waals surface area contributed by atoms with E-state index >= 15 is 0 Å². The van der Waals surface area contributed by atoms with E-state index in [1.165, 1.54) is 0 Å². The Morgan fingerprint density at radius 2 is 1.59 bits per heavy atom. The molecule has 0 saturated carbocycles. The zero-order valence-corrected chi connectivity index (χ0v) is 17.0. The molecule has 0 bridgehead atoms. The maximum Gasteiger partial charge on any atom is 0.343 e. The number of methoxy groups -OCH3 is 1. The molecule has 1 fully saturated rings. The lowest BCUT2D eigenvalue weighted by Gasteiger charge is -2.40. The van der Waals surface area contributed by atoms with Crippen LogP contribution in [-0.2, 0) is 25.5 Å². The van der Waals surface area contributed by atoms with E-state index in [9.17, 15) is 4.79 Å². The van der Waals surface area contributed by atoms with Gasteiger partial charge in [0.15, 0.2) is 5.60 Å². The number of nitrogens with one attached hydrogen (secondary N) is 1. The van der Waals surface area contributed by atoms with Crippen LogP contribution < -0.4 is 5.32 Å². The van der Waals surface area contributed by atoms with Gasteiger partial charge in [0.05, 0.1) is 0 Å². The van der Waals surface area contributed by atoms with E-state index in [1.54, 1.807) is 14.0 Å². The van der Waals surface area contributed by atoms with Crippen LogP contribution in [0.5, 0.6) is 0 Å². The highest BCUT2D eigenvalue weighted by Crippen LogP contribution is 2.39. The Morgan fingerprint density at radius 3 is 2.31 bits per heavy atom. The number of esters is 1. The summed E-state index contributed by atoms with van der Waals surface area (Å²) in [7, 11) is 1.57. The van der Waals surface area contributed by atoms with Gasteiger partial charge in [0.2, 0.25) is 0 Å². The smallest absolute Gasteiger partial charge is 0.343 e. The molecule has 0 radical (unpaired) electrons. The van der Waals surface area contributed by atoms with Crippen molar-refractivity contribution in [2.24, 2.45) is 0 Å². The number of piperidine rings is 1. The van der Waals surface area contributed by atoms with Gasteiger partial charge in [-0.25, -0.2) is 4.79 Å². The normalized spacial score (nSPS) is 18.1. The monoisotopic (exact) mass is 389 g/mol. The van der Waals surface area contributed by atoms with Gasteiger partial charge in [0.25, 0.3) is 0 Å². The fraction of sp³-hybridized carbons (Fsp3) is 0.320. The lowest BCUT2D eigenvalue weighted by atomic mass is 9.84. The highest BCUT2D eigenvalue weighted by Gasteiger charge is 2.45. The maximum absolute atomic E-state index is 13.6. The van der Waals surface area contributed by atoms with Crippen molar-refractivity contribution in [3.8, 4) is 0 Å². The van der Waals surface area contributed by atoms with Crippen LogP contribution in [0.4, 0.5) is 0 Å². The molecule has 1 atom stereocenters. The Bertz CT molecular complexity index is 990. The van der Waals surface area contributed by atoms with Crippen LogP contribution in [0.25, 0.3) is 10.8 Å². The number of benzene rings is 3. The Balaban J connectivity index is 1.74. The van der Waals surface area contributed by atoms with Crippen LogP contribution in [0, 0.1) is 0 Å². The number of ether oxygens (including phenoxy) is 2. The first-order valence-corrected chi connectivity index (χ1v) is 10.1. The average Bonchev–Trinajstić information content (AvgIpc) is 2.79. The standard InChI is InChI=1S/C25H27NO3/c1-24(28-2,22-14-8-10-19-9-6-7-13-21(19)22)23(27)29-25(15-17-26-18-16-25)20-11-4-3-5-12-20/h3-14,26H,15-18H2,1-2H3. The molecule has 150 valence electrons. The second kappa shape index (κ2) is 7.97. The van der Waals surface area contributed by atoms with Crippen molar-refractivity contribution in [1.82, 2.24) is 5.32 Å². The SMILES string of the molecule is COC(C)(C(=O)OC1(c2ccccc2)CCNCC1)c1cccc2ccccc12. The summed E-state index contributed by atoms with van der Waals surface area (Å²) in [6, 6.07) is 24.0. The molecule has 1 aliphatic heterocycles. The van der Waals surface area contributed by atoms with E-state index in [-0.39, 0.29) is 5.97 Å². The van der Waals surface area contributed by atoms with Crippen molar-refractivity contribution >= 4 is 16.7 Å². The molecule has 29 heavy (non-hydrogen) atoms. The Morgan fingerprint density at radius 1 is 0.931 bits per heavy atom. The third-order valence-electron chi connectivity index (χ3n) is 6.10. The van der Waals surface area contributed by atoms with Gasteiger partial charge in [-0.3, -0.25) is 0 Å². The van der Waals surface area contributed by atoms with E-state index in [2.05, 4.69) is 5.32 Å². The van der Waals surface area contributed by atoms with Gasteiger partial charge in [-0.15, -0.1) is 0 Å². The van der Waals surface area contributed by atoms with Gasteiger partial charge in [0.1, 0.15) is 5.60 Å². The second-order valence-corrected chi connectivity index (χ2v) is 7.76. The largest absolute Gasteiger partial charge is 0.452 e. The van der Waals surface area contributed by atoms with Gasteiger partial charge < -0.3 is 14.8 Å². The third-order valence-corrected chi connectivity index (χ3v) is 6.10. The molecule has 4 heteroatoms. The first-order chi connectivity index (χ1) is 14.1. The minimum absolute atomic E-state index is 0.359. The van der Waals surface area contributed by atoms with E-state index in [4.69, 9.17) is 9.47 Å². The first kappa shape index (κ1) is 19.6. The van der Waals surface area contributed by atoms with Crippen LogP contribution in [-0.4, -0.2) is 26.2 Å². The summed E-state index contributed by atoms with van der Waals surface area (Å²) in [5, 5.41) is 5.43. The highest BCUT2D eigenvalue weighted by atomic mass is 16.6. The molecule has 1 aliphatic rings. The maximum atomic E-state index is 13.6. The lowest BCUT2D eigenvalue weighted by molar-refractivity contribution is -0.189. The molecule has 0 aliphatic carbocycles. The number of rotatable bonds is 5. The molecule has 3 aromatic carbocycles. The average molecular weight is 389 g/mol. The molecule has 0 aromatic heterocycles. The molecule has 1 heterocycles. The molecule has 1 N–H and O–H groups in total. The Hall–Kier alpha value is -2.69. The number of hydrogen-bond acceptors (Lipinski definition) is 4. The summed E-state index contributed by atoms with van der Waals surface area (Å²) < 4.78 is 12.1. The summed E-state index contributed by atoms with van der Waals surface area (Å²) in [6.07, 6.45) is 1.47. The summed E-state index contributed by atoms with van der Waals surface area (Å²) in [5.74, 6) is -0.359. The lowest BCUT2D eigenvalue weighted by Crippen LogP contribution is -2.47. The predicted molar refractivity (Wildman–Crippen MR) is 115 cm³/mol. The van der Waals surface area contributed by atoms with E-state index < -0.39 is 11.2 Å². The number of carbonyl (C=O) groups is 1. The second-order valence-electron chi connectivity index (χ2n) is 7.76. The van der Waals surface area contributed by atoms with Gasteiger partial charge >= 0.3 is 5.97 Å². The van der Waals surface area contributed by atoms with Crippen molar-refractivity contribution in [2.75, 3.05) is 20.2 Å². The van der Waals surface area contributed by atoms with Crippen LogP contribution in [0.3, 0.4) is 0 Å². The number of carbonyl (C=O) groups excluding carboxylic acids is 1. The van der Waals surface area contributed by atoms with Gasteiger partial charge in [-0.1, -0.05) is 72.8 Å². The van der Waals surface area contributed by atoms with Gasteiger partial charge in [0, 0.05) is 25.5 Å². The molecule has 4 rings (SSSR count). The molecule has 1 saturated heterocycles. The minimum Gasteiger partial charge on any atom is -0.452 e. The van der Waals surface area contributed by atoms with E-state index in [1.807, 2.05) is 72.8 Å². The third kappa shape index (κ3) is 3.54. The minimum atomic E-state index is -1.20. The van der Waals surface area contributed by atoms with Crippen LogP contribution >= 0.6 is 0 Å².